The average Bonchev–Trinajstić information content (AvgIpc) is 0.716. The zero-order valence-electron chi connectivity index (χ0n) is 69.4. The molecule has 0 N–H and O–H groups in total. The maximum absolute atomic E-state index is 15.6. The number of nitrogens with zero attached hydrogens (tertiary/aromatic N) is 10. The highest BCUT2D eigenvalue weighted by atomic mass is 31.2. The van der Waals surface area contributed by atoms with Crippen LogP contribution in [0.15, 0.2) is 310 Å². The van der Waals surface area contributed by atoms with Crippen molar-refractivity contribution in [2.75, 3.05) is 69.8 Å². The summed E-state index contributed by atoms with van der Waals surface area (Å²) >= 11 is 0. The Labute approximate surface area is 747 Å². The van der Waals surface area contributed by atoms with E-state index in [1.165, 1.54) is 18.2 Å². The minimum Gasteiger partial charge on any atom is -0.473 e. The number of alkyl halides is 6. The van der Waals surface area contributed by atoms with Crippen LogP contribution in [0.5, 0.6) is 51.7 Å². The van der Waals surface area contributed by atoms with E-state index in [9.17, 15) is 26.3 Å². The second-order valence-corrected chi connectivity index (χ2v) is 38.9. The van der Waals surface area contributed by atoms with Gasteiger partial charge in [-0.2, -0.15) is 26.3 Å². The van der Waals surface area contributed by atoms with Crippen molar-refractivity contribution in [2.45, 2.75) is 51.6 Å². The number of hydrogen-bond donors (Lipinski definition) is 0. The molecule has 31 heteroatoms. The lowest BCUT2D eigenvalue weighted by molar-refractivity contribution is -0.138. The molecule has 13 heterocycles. The van der Waals surface area contributed by atoms with Crippen molar-refractivity contribution in [1.82, 2.24) is 19.9 Å². The van der Waals surface area contributed by atoms with Gasteiger partial charge in [0.1, 0.15) is 79.3 Å². The van der Waals surface area contributed by atoms with Crippen LogP contribution in [0.4, 0.5) is 60.7 Å². The third-order valence-corrected chi connectivity index (χ3v) is 32.0. The lowest BCUT2D eigenvalue weighted by atomic mass is 10.0. The van der Waals surface area contributed by atoms with Gasteiger partial charge in [0.05, 0.1) is 90.1 Å². The number of pyridine rings is 4. The standard InChI is InChI=1S/C36H25F6N2O4P.2C32H25N4O4P/c37-35(38,39)23-7-5-9-25(16-23)43-18-22-15-31-29(19-44(20-46-31)26-10-6-8-24(17-26)36(40,41)42)34(33(22)47-21-43)49(45)32-14-4-2-12-28(32)27-11-1-3-13-30(27)48-49;37-41(30-12-4-2-10-26(30)25-9-1-3-11-28(25)40-41)32-27-19-36(24-8-6-14-34-17-24)20-38-29(27)15-22-18-35(21-39-31(22)32)23-7-5-13-33-16-23;37-41(28-12-4-2-10-24(28)23-9-1-3-11-26(23)40-41)32-25-19-36(30-14-6-8-16-34-30)20-38-27(25)17-22-18-35(21-39-31(22)32)29-13-5-7-15-33-29/h1-17H,18-21H2;2*1-17H,18-21H2. The van der Waals surface area contributed by atoms with Crippen LogP contribution in [0.2, 0.25) is 0 Å². The van der Waals surface area contributed by atoms with E-state index in [0.717, 1.165) is 97.3 Å². The van der Waals surface area contributed by atoms with Gasteiger partial charge in [0.2, 0.25) is 0 Å². The molecule has 0 spiro atoms. The lowest BCUT2D eigenvalue weighted by Crippen LogP contribution is -2.41. The van der Waals surface area contributed by atoms with Gasteiger partial charge in [0, 0.05) is 86.2 Å². The minimum atomic E-state index is -4.56. The first kappa shape index (κ1) is 82.0. The van der Waals surface area contributed by atoms with Gasteiger partial charge in [0.25, 0.3) is 0 Å². The third-order valence-electron chi connectivity index (χ3n) is 24.3. The Morgan fingerprint density at radius 2 is 0.580 bits per heavy atom. The quantitative estimate of drug-likeness (QED) is 0.0973. The number of rotatable bonds is 9. The Hall–Kier alpha value is -14.7. The van der Waals surface area contributed by atoms with Crippen molar-refractivity contribution in [3.63, 3.8) is 0 Å². The third kappa shape index (κ3) is 14.8. The highest BCUT2D eigenvalue weighted by Crippen LogP contribution is 2.62. The van der Waals surface area contributed by atoms with E-state index >= 15 is 13.7 Å². The molecule has 4 aromatic heterocycles. The molecule has 15 aromatic rings. The molecule has 0 amide bonds. The zero-order valence-corrected chi connectivity index (χ0v) is 72.1. The summed E-state index contributed by atoms with van der Waals surface area (Å²) in [5.41, 5.74) is 10.1. The molecule has 3 atom stereocenters. The van der Waals surface area contributed by atoms with Crippen molar-refractivity contribution in [2.24, 2.45) is 0 Å². The minimum absolute atomic E-state index is 0.0110. The molecule has 654 valence electrons. The van der Waals surface area contributed by atoms with Gasteiger partial charge < -0.3 is 71.4 Å². The maximum Gasteiger partial charge on any atom is 0.416 e. The monoisotopic (exact) mass is 1810 g/mol. The van der Waals surface area contributed by atoms with Crippen molar-refractivity contribution in [3.05, 3.63) is 355 Å². The molecule has 0 bridgehead atoms. The van der Waals surface area contributed by atoms with Crippen LogP contribution in [0, 0.1) is 0 Å². The number of para-hydroxylation sites is 3. The highest BCUT2D eigenvalue weighted by Gasteiger charge is 2.50. The largest absolute Gasteiger partial charge is 0.473 e. The summed E-state index contributed by atoms with van der Waals surface area (Å²) in [4.78, 5) is 29.1. The molecule has 0 radical (unpaired) electrons. The van der Waals surface area contributed by atoms with E-state index in [1.807, 2.05) is 210 Å². The molecule has 9 aliphatic rings. The van der Waals surface area contributed by atoms with E-state index in [1.54, 1.807) is 77.2 Å². The Morgan fingerprint density at radius 3 is 0.954 bits per heavy atom. The van der Waals surface area contributed by atoms with Gasteiger partial charge in [-0.1, -0.05) is 133 Å². The fraction of sp³-hybridized carbons (Fsp3) is 0.140. The second kappa shape index (κ2) is 32.8. The van der Waals surface area contributed by atoms with Crippen LogP contribution in [0.25, 0.3) is 33.4 Å². The van der Waals surface area contributed by atoms with E-state index in [0.29, 0.717) is 129 Å². The Balaban J connectivity index is 0.000000116. The number of halogens is 6. The van der Waals surface area contributed by atoms with E-state index < -0.39 is 45.6 Å². The zero-order chi connectivity index (χ0) is 88.9. The summed E-state index contributed by atoms with van der Waals surface area (Å²) < 4.78 is 186. The molecule has 24 rings (SSSR count). The molecule has 3 unspecified atom stereocenters. The summed E-state index contributed by atoms with van der Waals surface area (Å²) in [6.07, 6.45) is 1.53. The van der Waals surface area contributed by atoms with Gasteiger partial charge in [-0.25, -0.2) is 9.97 Å². The van der Waals surface area contributed by atoms with Crippen LogP contribution in [-0.2, 0) is 65.3 Å². The number of ether oxygens (including phenoxy) is 6. The number of aromatic nitrogens is 4. The fourth-order valence-electron chi connectivity index (χ4n) is 18.2. The van der Waals surface area contributed by atoms with Crippen LogP contribution in [0.1, 0.15) is 44.5 Å². The van der Waals surface area contributed by atoms with Crippen molar-refractivity contribution < 1.29 is 82.0 Å². The Morgan fingerprint density at radius 1 is 0.275 bits per heavy atom. The van der Waals surface area contributed by atoms with Crippen LogP contribution in [0.3, 0.4) is 0 Å². The number of benzene rings is 11. The first-order chi connectivity index (χ1) is 63.8. The molecule has 0 aliphatic carbocycles. The molecule has 11 aromatic carbocycles. The van der Waals surface area contributed by atoms with Gasteiger partial charge >= 0.3 is 34.5 Å². The van der Waals surface area contributed by atoms with Gasteiger partial charge in [-0.05, 0) is 156 Å². The molecule has 0 saturated carbocycles. The number of hydrogen-bond acceptors (Lipinski definition) is 22. The molecule has 9 aliphatic heterocycles. The van der Waals surface area contributed by atoms with Crippen molar-refractivity contribution >= 4 is 88.3 Å². The van der Waals surface area contributed by atoms with Crippen molar-refractivity contribution in [3.8, 4) is 85.1 Å². The first-order valence-corrected chi connectivity index (χ1v) is 46.9. The molecular weight excluding hydrogens is 1740 g/mol. The number of anilines is 6. The summed E-state index contributed by atoms with van der Waals surface area (Å²) in [5, 5.41) is 3.03. The van der Waals surface area contributed by atoms with Crippen LogP contribution < -0.4 is 103 Å². The number of fused-ring (bicyclic) bond motifs is 15. The predicted molar refractivity (Wildman–Crippen MR) is 487 cm³/mol. The molecule has 131 heavy (non-hydrogen) atoms. The SMILES string of the molecule is O=P1(c2c3c(cc4c2OCN(c2cccc(C(F)(F)F)c2)C4)OCN(c2cccc(C(F)(F)F)c2)C3)Oc2ccccc2-c2ccccc21.O=P1(c2c3c(cc4c2OCN(c2ccccn2)C4)OCN(c2ccccn2)C3)Oc2ccccc2-c2ccccc21.O=P1(c2c3c(cc4c2OCN(c2cccnc2)C4)OCN(c2cccnc2)C3)Oc2ccccc2-c2ccccc21. The molecule has 0 saturated heterocycles. The fourth-order valence-corrected chi connectivity index (χ4v) is 26.2. The predicted octanol–water partition coefficient (Wildman–Crippen LogP) is 19.7. The molecule has 22 nitrogen and oxygen atoms in total. The van der Waals surface area contributed by atoms with Gasteiger partial charge in [0.15, 0.2) is 40.4 Å². The molecular formula is C100H75F6N10O12P3. The second-order valence-electron chi connectivity index (χ2n) is 32.3. The van der Waals surface area contributed by atoms with Gasteiger partial charge in [-0.15, -0.1) is 0 Å². The van der Waals surface area contributed by atoms with Crippen LogP contribution in [-0.4, -0.2) is 60.3 Å². The Bertz CT molecular complexity index is 6910. The Kier molecular flexibility index (Phi) is 20.5. The normalized spacial score (nSPS) is 18.4. The van der Waals surface area contributed by atoms with E-state index in [-0.39, 0.29) is 62.4 Å². The summed E-state index contributed by atoms with van der Waals surface area (Å²) in [6.45, 7) is 3.02. The van der Waals surface area contributed by atoms with E-state index in [4.69, 9.17) is 42.0 Å². The maximum atomic E-state index is 15.6. The first-order valence-electron chi connectivity index (χ1n) is 42.0. The molecule has 0 fully saturated rings. The van der Waals surface area contributed by atoms with Gasteiger partial charge in [-0.3, -0.25) is 23.7 Å². The summed E-state index contributed by atoms with van der Waals surface area (Å²) in [6, 6.07) is 80.2. The van der Waals surface area contributed by atoms with Crippen LogP contribution >= 0.6 is 22.1 Å². The van der Waals surface area contributed by atoms with E-state index in [2.05, 4.69) is 29.7 Å². The summed E-state index contributed by atoms with van der Waals surface area (Å²) in [7, 11) is -11.5. The summed E-state index contributed by atoms with van der Waals surface area (Å²) in [5.74, 6) is 6.23. The smallest absolute Gasteiger partial charge is 0.416 e. The van der Waals surface area contributed by atoms with Crippen molar-refractivity contribution in [1.29, 1.82) is 0 Å². The topological polar surface area (TPSA) is 205 Å². The lowest BCUT2D eigenvalue weighted by Gasteiger charge is -2.39. The highest BCUT2D eigenvalue weighted by molar-refractivity contribution is 7.76. The average molecular weight is 1820 g/mol.